The number of likely N-dealkylation sites (tertiary alicyclic amines) is 1. The Morgan fingerprint density at radius 3 is 2.76 bits per heavy atom. The molecule has 172 valence electrons. The van der Waals surface area contributed by atoms with Crippen molar-refractivity contribution in [1.29, 1.82) is 0 Å². The summed E-state index contributed by atoms with van der Waals surface area (Å²) in [6.07, 6.45) is 4.82. The van der Waals surface area contributed by atoms with Crippen molar-refractivity contribution in [3.63, 3.8) is 0 Å². The molecule has 1 fully saturated rings. The molecule has 0 atom stereocenters. The minimum absolute atomic E-state index is 0.0820. The topological polar surface area (TPSA) is 70.2 Å². The summed E-state index contributed by atoms with van der Waals surface area (Å²) in [6, 6.07) is 13.9. The zero-order chi connectivity index (χ0) is 23.0. The molecule has 1 aliphatic heterocycles. The summed E-state index contributed by atoms with van der Waals surface area (Å²) in [5.74, 6) is -0.0190. The molecule has 2 heterocycles. The van der Waals surface area contributed by atoms with E-state index in [2.05, 4.69) is 25.5 Å². The molecule has 4 rings (SSSR count). The lowest BCUT2D eigenvalue weighted by molar-refractivity contribution is 0.0950. The van der Waals surface area contributed by atoms with Crippen LogP contribution in [0.4, 0.5) is 10.3 Å². The highest BCUT2D eigenvalue weighted by Gasteiger charge is 2.12. The van der Waals surface area contributed by atoms with Crippen LogP contribution >= 0.6 is 11.6 Å². The van der Waals surface area contributed by atoms with Crippen LogP contribution in [0.15, 0.2) is 54.7 Å². The van der Waals surface area contributed by atoms with Crippen LogP contribution in [0.5, 0.6) is 0 Å². The number of carbonyl (C=O) groups excluding carboxylic acids is 1. The molecule has 0 aliphatic carbocycles. The summed E-state index contributed by atoms with van der Waals surface area (Å²) in [5.41, 5.74) is 3.10. The first-order valence-electron chi connectivity index (χ1n) is 11.2. The van der Waals surface area contributed by atoms with Gasteiger partial charge in [-0.25, -0.2) is 14.4 Å². The molecule has 0 spiro atoms. The molecule has 2 aromatic carbocycles. The van der Waals surface area contributed by atoms with Gasteiger partial charge >= 0.3 is 0 Å². The highest BCUT2D eigenvalue weighted by atomic mass is 35.5. The zero-order valence-corrected chi connectivity index (χ0v) is 19.1. The van der Waals surface area contributed by atoms with Gasteiger partial charge in [0.15, 0.2) is 0 Å². The second-order valence-corrected chi connectivity index (χ2v) is 8.48. The Morgan fingerprint density at radius 2 is 1.94 bits per heavy atom. The van der Waals surface area contributed by atoms with Crippen molar-refractivity contribution in [3.8, 4) is 11.3 Å². The number of nitrogens with one attached hydrogen (secondary N) is 2. The van der Waals surface area contributed by atoms with Crippen LogP contribution in [0, 0.1) is 5.82 Å². The predicted octanol–water partition coefficient (Wildman–Crippen LogP) is 4.42. The van der Waals surface area contributed by atoms with E-state index in [0.29, 0.717) is 31.0 Å². The van der Waals surface area contributed by atoms with Crippen LogP contribution in [-0.4, -0.2) is 53.5 Å². The molecule has 0 bridgehead atoms. The van der Waals surface area contributed by atoms with Crippen molar-refractivity contribution in [2.24, 2.45) is 0 Å². The molecule has 1 aliphatic rings. The van der Waals surface area contributed by atoms with Gasteiger partial charge in [-0.3, -0.25) is 4.79 Å². The molecule has 33 heavy (non-hydrogen) atoms. The third kappa shape index (κ3) is 6.49. The van der Waals surface area contributed by atoms with Crippen LogP contribution in [0.2, 0.25) is 5.02 Å². The summed E-state index contributed by atoms with van der Waals surface area (Å²) in [6.45, 7) is 4.34. The first-order chi connectivity index (χ1) is 16.1. The Hall–Kier alpha value is -3.03. The van der Waals surface area contributed by atoms with Crippen molar-refractivity contribution in [2.45, 2.75) is 19.3 Å². The lowest BCUT2D eigenvalue weighted by Crippen LogP contribution is -2.33. The Labute approximate surface area is 198 Å². The number of hydrogen-bond acceptors (Lipinski definition) is 5. The largest absolute Gasteiger partial charge is 0.354 e. The molecule has 3 aromatic rings. The minimum Gasteiger partial charge on any atom is -0.354 e. The van der Waals surface area contributed by atoms with Crippen molar-refractivity contribution in [2.75, 3.05) is 38.0 Å². The number of aromatic nitrogens is 2. The molecule has 1 amide bonds. The molecule has 2 N–H and O–H groups in total. The second kappa shape index (κ2) is 11.2. The van der Waals surface area contributed by atoms with Crippen molar-refractivity contribution in [3.05, 3.63) is 76.7 Å². The van der Waals surface area contributed by atoms with Crippen LogP contribution in [0.3, 0.4) is 0 Å². The SMILES string of the molecule is O=C(NCCN1CCCC1)c1cccc(-c2ccnc(NCCc3ccc(F)c(Cl)c3)n2)c1. The van der Waals surface area contributed by atoms with Gasteiger partial charge in [-0.15, -0.1) is 0 Å². The van der Waals surface area contributed by atoms with Gasteiger partial charge in [0.25, 0.3) is 5.91 Å². The summed E-state index contributed by atoms with van der Waals surface area (Å²) in [4.78, 5) is 23.8. The Morgan fingerprint density at radius 1 is 1.09 bits per heavy atom. The Bertz CT molecular complexity index is 1100. The van der Waals surface area contributed by atoms with Crippen LogP contribution < -0.4 is 10.6 Å². The van der Waals surface area contributed by atoms with Gasteiger partial charge in [0.1, 0.15) is 5.82 Å². The van der Waals surface area contributed by atoms with Crippen molar-refractivity contribution in [1.82, 2.24) is 20.2 Å². The lowest BCUT2D eigenvalue weighted by Gasteiger charge is -2.14. The number of amides is 1. The van der Waals surface area contributed by atoms with E-state index in [1.807, 2.05) is 30.3 Å². The number of benzene rings is 2. The van der Waals surface area contributed by atoms with E-state index in [-0.39, 0.29) is 10.9 Å². The number of hydrogen-bond donors (Lipinski definition) is 2. The minimum atomic E-state index is -0.424. The maximum Gasteiger partial charge on any atom is 0.251 e. The van der Waals surface area contributed by atoms with Crippen molar-refractivity contribution < 1.29 is 9.18 Å². The molecular weight excluding hydrogens is 441 g/mol. The predicted molar refractivity (Wildman–Crippen MR) is 129 cm³/mol. The number of halogens is 2. The monoisotopic (exact) mass is 467 g/mol. The third-order valence-electron chi connectivity index (χ3n) is 5.67. The van der Waals surface area contributed by atoms with Gasteiger partial charge in [0, 0.05) is 37.0 Å². The van der Waals surface area contributed by atoms with Gasteiger partial charge in [-0.1, -0.05) is 29.8 Å². The normalized spacial score (nSPS) is 13.8. The van der Waals surface area contributed by atoms with Crippen molar-refractivity contribution >= 4 is 23.5 Å². The van der Waals surface area contributed by atoms with Gasteiger partial charge in [-0.2, -0.15) is 0 Å². The number of nitrogens with zero attached hydrogens (tertiary/aromatic N) is 3. The van der Waals surface area contributed by atoms with Gasteiger partial charge in [0.2, 0.25) is 5.95 Å². The highest BCUT2D eigenvalue weighted by molar-refractivity contribution is 6.30. The average molecular weight is 468 g/mol. The third-order valence-corrected chi connectivity index (χ3v) is 5.96. The molecule has 0 unspecified atom stereocenters. The highest BCUT2D eigenvalue weighted by Crippen LogP contribution is 2.20. The van der Waals surface area contributed by atoms with E-state index in [1.165, 1.54) is 18.9 Å². The van der Waals surface area contributed by atoms with Crippen LogP contribution in [-0.2, 0) is 6.42 Å². The van der Waals surface area contributed by atoms with E-state index < -0.39 is 5.82 Å². The maximum absolute atomic E-state index is 13.3. The summed E-state index contributed by atoms with van der Waals surface area (Å²) >= 11 is 5.84. The van der Waals surface area contributed by atoms with E-state index in [1.54, 1.807) is 18.3 Å². The second-order valence-electron chi connectivity index (χ2n) is 8.08. The summed E-state index contributed by atoms with van der Waals surface area (Å²) < 4.78 is 13.3. The molecular formula is C25H27ClFN5O. The van der Waals surface area contributed by atoms with Gasteiger partial charge in [-0.05, 0) is 68.2 Å². The first kappa shape index (κ1) is 23.1. The van der Waals surface area contributed by atoms with E-state index in [9.17, 15) is 9.18 Å². The zero-order valence-electron chi connectivity index (χ0n) is 18.4. The lowest BCUT2D eigenvalue weighted by atomic mass is 10.1. The van der Waals surface area contributed by atoms with Crippen LogP contribution in [0.1, 0.15) is 28.8 Å². The molecule has 0 saturated carbocycles. The summed E-state index contributed by atoms with van der Waals surface area (Å²) in [7, 11) is 0. The smallest absolute Gasteiger partial charge is 0.251 e. The fourth-order valence-corrected chi connectivity index (χ4v) is 4.08. The molecule has 1 aromatic heterocycles. The number of anilines is 1. The number of rotatable bonds is 9. The molecule has 6 nitrogen and oxygen atoms in total. The molecule has 0 radical (unpaired) electrons. The van der Waals surface area contributed by atoms with Gasteiger partial charge < -0.3 is 15.5 Å². The van der Waals surface area contributed by atoms with Gasteiger partial charge in [0.05, 0.1) is 10.7 Å². The van der Waals surface area contributed by atoms with Crippen LogP contribution in [0.25, 0.3) is 11.3 Å². The van der Waals surface area contributed by atoms with E-state index in [4.69, 9.17) is 11.6 Å². The number of carbonyl (C=O) groups is 1. The first-order valence-corrected chi connectivity index (χ1v) is 11.6. The Kier molecular flexibility index (Phi) is 7.86. The molecule has 1 saturated heterocycles. The fraction of sp³-hybridized carbons (Fsp3) is 0.320. The van der Waals surface area contributed by atoms with E-state index >= 15 is 0 Å². The quantitative estimate of drug-likeness (QED) is 0.487. The Balaban J connectivity index is 1.34. The van der Waals surface area contributed by atoms with E-state index in [0.717, 1.165) is 36.5 Å². The summed E-state index contributed by atoms with van der Waals surface area (Å²) in [5, 5.41) is 6.31. The fourth-order valence-electron chi connectivity index (χ4n) is 3.87. The standard InChI is InChI=1S/C25H27ClFN5O/c26-21-16-18(6-7-22(21)27)8-10-29-25-30-11-9-23(31-25)19-4-3-5-20(17-19)24(33)28-12-15-32-13-1-2-14-32/h3-7,9,11,16-17H,1-2,8,10,12-15H2,(H,28,33)(H,29,30,31). The maximum atomic E-state index is 13.3. The average Bonchev–Trinajstić information content (AvgIpc) is 3.35. The molecule has 8 heteroatoms.